The van der Waals surface area contributed by atoms with Crippen LogP contribution in [0.2, 0.25) is 0 Å². The van der Waals surface area contributed by atoms with Crippen molar-refractivity contribution in [2.24, 2.45) is 5.92 Å². The third-order valence-electron chi connectivity index (χ3n) is 3.23. The summed E-state index contributed by atoms with van der Waals surface area (Å²) >= 11 is 2.05. The van der Waals surface area contributed by atoms with E-state index < -0.39 is 0 Å². The van der Waals surface area contributed by atoms with Crippen LogP contribution in [0.1, 0.15) is 39.0 Å². The molecule has 1 fully saturated rings. The van der Waals surface area contributed by atoms with Gasteiger partial charge in [0.2, 0.25) is 0 Å². The van der Waals surface area contributed by atoms with Crippen molar-refractivity contribution in [2.75, 3.05) is 19.4 Å². The fourth-order valence-electron chi connectivity index (χ4n) is 2.14. The van der Waals surface area contributed by atoms with E-state index in [4.69, 9.17) is 5.11 Å². The van der Waals surface area contributed by atoms with Crippen LogP contribution in [0.5, 0.6) is 0 Å². The van der Waals surface area contributed by atoms with Crippen molar-refractivity contribution in [1.29, 1.82) is 0 Å². The zero-order valence-electron chi connectivity index (χ0n) is 10.0. The second-order valence-electron chi connectivity index (χ2n) is 4.69. The summed E-state index contributed by atoms with van der Waals surface area (Å²) in [6.07, 6.45) is 6.81. The minimum atomic E-state index is 0.323. The van der Waals surface area contributed by atoms with Gasteiger partial charge in [-0.2, -0.15) is 11.8 Å². The van der Waals surface area contributed by atoms with Gasteiger partial charge in [-0.3, -0.25) is 0 Å². The van der Waals surface area contributed by atoms with Crippen LogP contribution >= 0.6 is 11.8 Å². The SMILES string of the molecule is CNC1CCCCCC1SCC(C)CO. The lowest BCUT2D eigenvalue weighted by molar-refractivity contribution is 0.250. The van der Waals surface area contributed by atoms with Gasteiger partial charge >= 0.3 is 0 Å². The van der Waals surface area contributed by atoms with Crippen molar-refractivity contribution in [1.82, 2.24) is 5.32 Å². The smallest absolute Gasteiger partial charge is 0.0464 e. The Hall–Kier alpha value is 0.270. The van der Waals surface area contributed by atoms with E-state index in [1.54, 1.807) is 0 Å². The molecule has 1 aliphatic rings. The van der Waals surface area contributed by atoms with Crippen LogP contribution in [0.25, 0.3) is 0 Å². The van der Waals surface area contributed by atoms with E-state index in [0.29, 0.717) is 18.6 Å². The van der Waals surface area contributed by atoms with Crippen molar-refractivity contribution in [3.8, 4) is 0 Å². The molecule has 1 rings (SSSR count). The normalized spacial score (nSPS) is 29.8. The quantitative estimate of drug-likeness (QED) is 0.712. The zero-order chi connectivity index (χ0) is 11.1. The zero-order valence-corrected chi connectivity index (χ0v) is 10.9. The molecule has 1 saturated carbocycles. The minimum absolute atomic E-state index is 0.323. The molecule has 3 heteroatoms. The maximum atomic E-state index is 9.01. The molecule has 15 heavy (non-hydrogen) atoms. The van der Waals surface area contributed by atoms with Gasteiger partial charge in [0.05, 0.1) is 0 Å². The number of hydrogen-bond acceptors (Lipinski definition) is 3. The molecule has 0 bridgehead atoms. The summed E-state index contributed by atoms with van der Waals surface area (Å²) in [5.41, 5.74) is 0. The standard InChI is InChI=1S/C12H25NOS/c1-10(8-14)9-15-12-7-5-3-4-6-11(12)13-2/h10-14H,3-9H2,1-2H3. The molecule has 3 atom stereocenters. The molecule has 0 radical (unpaired) electrons. The first-order chi connectivity index (χ1) is 7.27. The van der Waals surface area contributed by atoms with E-state index >= 15 is 0 Å². The van der Waals surface area contributed by atoms with Crippen molar-refractivity contribution in [3.63, 3.8) is 0 Å². The molecule has 0 aromatic heterocycles. The van der Waals surface area contributed by atoms with Crippen LogP contribution < -0.4 is 5.32 Å². The lowest BCUT2D eigenvalue weighted by Gasteiger charge is -2.25. The molecule has 90 valence electrons. The van der Waals surface area contributed by atoms with Crippen molar-refractivity contribution < 1.29 is 5.11 Å². The van der Waals surface area contributed by atoms with Gasteiger partial charge in [-0.15, -0.1) is 0 Å². The summed E-state index contributed by atoms with van der Waals surface area (Å²) in [7, 11) is 2.08. The van der Waals surface area contributed by atoms with Crippen LogP contribution in [0.3, 0.4) is 0 Å². The van der Waals surface area contributed by atoms with E-state index in [0.717, 1.165) is 11.0 Å². The minimum Gasteiger partial charge on any atom is -0.396 e. The van der Waals surface area contributed by atoms with Crippen LogP contribution in [0, 0.1) is 5.92 Å². The molecule has 0 aromatic rings. The molecule has 0 amide bonds. The van der Waals surface area contributed by atoms with Gasteiger partial charge in [0.1, 0.15) is 0 Å². The van der Waals surface area contributed by atoms with Gasteiger partial charge in [-0.05, 0) is 31.6 Å². The number of thioether (sulfide) groups is 1. The highest BCUT2D eigenvalue weighted by atomic mass is 32.2. The van der Waals surface area contributed by atoms with E-state index in [2.05, 4.69) is 31.1 Å². The second-order valence-corrected chi connectivity index (χ2v) is 5.96. The lowest BCUT2D eigenvalue weighted by Crippen LogP contribution is -2.35. The van der Waals surface area contributed by atoms with Crippen molar-refractivity contribution in [3.05, 3.63) is 0 Å². The summed E-state index contributed by atoms with van der Waals surface area (Å²) in [5.74, 6) is 1.54. The molecule has 0 saturated heterocycles. The average molecular weight is 231 g/mol. The number of aliphatic hydroxyl groups is 1. The van der Waals surface area contributed by atoms with E-state index in [-0.39, 0.29) is 0 Å². The largest absolute Gasteiger partial charge is 0.396 e. The predicted molar refractivity (Wildman–Crippen MR) is 68.4 cm³/mol. The summed E-state index contributed by atoms with van der Waals surface area (Å²) in [5, 5.41) is 13.2. The van der Waals surface area contributed by atoms with Gasteiger partial charge in [-0.25, -0.2) is 0 Å². The molecule has 1 aliphatic carbocycles. The van der Waals surface area contributed by atoms with Crippen LogP contribution in [0.4, 0.5) is 0 Å². The first-order valence-electron chi connectivity index (χ1n) is 6.17. The lowest BCUT2D eigenvalue weighted by atomic mass is 10.1. The van der Waals surface area contributed by atoms with Crippen molar-refractivity contribution in [2.45, 2.75) is 50.3 Å². The Morgan fingerprint density at radius 2 is 2.07 bits per heavy atom. The van der Waals surface area contributed by atoms with E-state index in [9.17, 15) is 0 Å². The molecule has 2 nitrogen and oxygen atoms in total. The van der Waals surface area contributed by atoms with Gasteiger partial charge in [-0.1, -0.05) is 26.2 Å². The Morgan fingerprint density at radius 1 is 1.33 bits per heavy atom. The number of rotatable bonds is 5. The van der Waals surface area contributed by atoms with Crippen LogP contribution in [-0.4, -0.2) is 35.8 Å². The number of hydrogen-bond donors (Lipinski definition) is 2. The molecular formula is C12H25NOS. The second kappa shape index (κ2) is 7.53. The first-order valence-corrected chi connectivity index (χ1v) is 7.22. The fraction of sp³-hybridized carbons (Fsp3) is 1.00. The summed E-state index contributed by atoms with van der Waals surface area (Å²) in [6, 6.07) is 0.684. The van der Waals surface area contributed by atoms with Crippen LogP contribution in [0.15, 0.2) is 0 Å². The van der Waals surface area contributed by atoms with E-state index in [1.807, 2.05) is 0 Å². The van der Waals surface area contributed by atoms with Crippen molar-refractivity contribution >= 4 is 11.8 Å². The highest BCUT2D eigenvalue weighted by Gasteiger charge is 2.22. The van der Waals surface area contributed by atoms with Crippen LogP contribution in [-0.2, 0) is 0 Å². The topological polar surface area (TPSA) is 32.3 Å². The molecule has 3 unspecified atom stereocenters. The molecule has 2 N–H and O–H groups in total. The van der Waals surface area contributed by atoms with Gasteiger partial charge in [0.25, 0.3) is 0 Å². The third-order valence-corrected chi connectivity index (χ3v) is 4.98. The number of aliphatic hydroxyl groups excluding tert-OH is 1. The highest BCUT2D eigenvalue weighted by molar-refractivity contribution is 7.99. The third kappa shape index (κ3) is 4.75. The monoisotopic (exact) mass is 231 g/mol. The average Bonchev–Trinajstić information content (AvgIpc) is 2.50. The molecule has 0 aromatic carbocycles. The summed E-state index contributed by atoms with van der Waals surface area (Å²) < 4.78 is 0. The Balaban J connectivity index is 2.34. The van der Waals surface area contributed by atoms with Gasteiger partial charge in [0, 0.05) is 17.9 Å². The Kier molecular flexibility index (Phi) is 6.69. The first kappa shape index (κ1) is 13.3. The Labute approximate surface area is 98.2 Å². The highest BCUT2D eigenvalue weighted by Crippen LogP contribution is 2.28. The van der Waals surface area contributed by atoms with E-state index in [1.165, 1.54) is 32.1 Å². The Bertz CT molecular complexity index is 166. The summed E-state index contributed by atoms with van der Waals surface area (Å²) in [6.45, 7) is 2.45. The molecular weight excluding hydrogens is 206 g/mol. The molecule has 0 heterocycles. The van der Waals surface area contributed by atoms with Gasteiger partial charge < -0.3 is 10.4 Å². The molecule has 0 spiro atoms. The predicted octanol–water partition coefficient (Wildman–Crippen LogP) is 2.27. The van der Waals surface area contributed by atoms with Gasteiger partial charge in [0.15, 0.2) is 0 Å². The Morgan fingerprint density at radius 3 is 2.73 bits per heavy atom. The number of nitrogens with one attached hydrogen (secondary N) is 1. The summed E-state index contributed by atoms with van der Waals surface area (Å²) in [4.78, 5) is 0. The maximum absolute atomic E-state index is 9.01. The molecule has 0 aliphatic heterocycles. The maximum Gasteiger partial charge on any atom is 0.0464 e. The fourth-order valence-corrected chi connectivity index (χ4v) is 3.66.